The second-order valence-corrected chi connectivity index (χ2v) is 14.2. The molecular weight excluding hydrogens is 406 g/mol. The zero-order chi connectivity index (χ0) is 23.0. The molecule has 6 heteroatoms. The number of hydrogen-bond acceptors (Lipinski definition) is 5. The SMILES string of the molecule is C=C1CN(c2cc(OC)c(OC)c(OC)c2)C1c1cccc(O[Si](C)(C)C(C)(C)C)c1. The molecule has 1 aliphatic rings. The Morgan fingerprint density at radius 2 is 1.58 bits per heavy atom. The molecule has 0 N–H and O–H groups in total. The van der Waals surface area contributed by atoms with Crippen molar-refractivity contribution in [2.24, 2.45) is 0 Å². The van der Waals surface area contributed by atoms with Crippen LogP contribution in [-0.4, -0.2) is 36.2 Å². The molecule has 1 atom stereocenters. The molecule has 168 valence electrons. The molecule has 0 bridgehead atoms. The van der Waals surface area contributed by atoms with Gasteiger partial charge in [-0.3, -0.25) is 0 Å². The van der Waals surface area contributed by atoms with E-state index in [9.17, 15) is 0 Å². The largest absolute Gasteiger partial charge is 0.543 e. The summed E-state index contributed by atoms with van der Waals surface area (Å²) in [5.74, 6) is 2.80. The van der Waals surface area contributed by atoms with Crippen LogP contribution in [0.25, 0.3) is 0 Å². The zero-order valence-corrected chi connectivity index (χ0v) is 21.0. The summed E-state index contributed by atoms with van der Waals surface area (Å²) in [7, 11) is 2.97. The first-order valence-electron chi connectivity index (χ1n) is 10.6. The second kappa shape index (κ2) is 8.50. The van der Waals surface area contributed by atoms with Crippen LogP contribution in [0.3, 0.4) is 0 Å². The van der Waals surface area contributed by atoms with Crippen molar-refractivity contribution < 1.29 is 18.6 Å². The van der Waals surface area contributed by atoms with Crippen molar-refractivity contribution in [2.45, 2.75) is 44.9 Å². The first-order valence-corrected chi connectivity index (χ1v) is 13.5. The monoisotopic (exact) mass is 441 g/mol. The molecule has 1 saturated heterocycles. The maximum atomic E-state index is 6.54. The summed E-state index contributed by atoms with van der Waals surface area (Å²) in [5, 5.41) is 0.144. The van der Waals surface area contributed by atoms with Crippen LogP contribution in [0.15, 0.2) is 48.6 Å². The predicted molar refractivity (Wildman–Crippen MR) is 130 cm³/mol. The highest BCUT2D eigenvalue weighted by Crippen LogP contribution is 2.47. The van der Waals surface area contributed by atoms with Gasteiger partial charge in [-0.25, -0.2) is 0 Å². The quantitative estimate of drug-likeness (QED) is 0.377. The van der Waals surface area contributed by atoms with E-state index in [1.165, 1.54) is 11.1 Å². The Morgan fingerprint density at radius 3 is 2.06 bits per heavy atom. The Balaban J connectivity index is 1.93. The van der Waals surface area contributed by atoms with Crippen molar-refractivity contribution in [1.29, 1.82) is 0 Å². The van der Waals surface area contributed by atoms with Gasteiger partial charge in [0.2, 0.25) is 14.1 Å². The van der Waals surface area contributed by atoms with E-state index >= 15 is 0 Å². The van der Waals surface area contributed by atoms with E-state index in [2.05, 4.69) is 69.6 Å². The van der Waals surface area contributed by atoms with Crippen molar-refractivity contribution >= 4 is 14.0 Å². The van der Waals surface area contributed by atoms with E-state index in [4.69, 9.17) is 18.6 Å². The summed E-state index contributed by atoms with van der Waals surface area (Å²) < 4.78 is 23.1. The van der Waals surface area contributed by atoms with Crippen LogP contribution < -0.4 is 23.5 Å². The fourth-order valence-corrected chi connectivity index (χ4v) is 4.61. The van der Waals surface area contributed by atoms with E-state index in [0.717, 1.165) is 18.0 Å². The Morgan fingerprint density at radius 1 is 0.968 bits per heavy atom. The maximum absolute atomic E-state index is 6.54. The summed E-state index contributed by atoms with van der Waals surface area (Å²) in [6.45, 7) is 16.4. The van der Waals surface area contributed by atoms with E-state index < -0.39 is 8.32 Å². The molecular formula is C25H35NO4Si. The molecule has 1 heterocycles. The molecule has 0 aliphatic carbocycles. The molecule has 0 saturated carbocycles. The van der Waals surface area contributed by atoms with Crippen LogP contribution in [0.2, 0.25) is 18.1 Å². The van der Waals surface area contributed by atoms with Gasteiger partial charge in [0, 0.05) is 24.4 Å². The average molecular weight is 442 g/mol. The third-order valence-electron chi connectivity index (χ3n) is 6.41. The fourth-order valence-electron chi connectivity index (χ4n) is 3.59. The highest BCUT2D eigenvalue weighted by molar-refractivity contribution is 6.74. The maximum Gasteiger partial charge on any atom is 0.250 e. The van der Waals surface area contributed by atoms with Crippen molar-refractivity contribution in [3.63, 3.8) is 0 Å². The summed E-state index contributed by atoms with van der Waals surface area (Å²) in [5.41, 5.74) is 3.34. The second-order valence-electron chi connectivity index (χ2n) is 9.51. The van der Waals surface area contributed by atoms with Crippen molar-refractivity contribution in [3.8, 4) is 23.0 Å². The van der Waals surface area contributed by atoms with Gasteiger partial charge < -0.3 is 23.5 Å². The van der Waals surface area contributed by atoms with E-state index in [-0.39, 0.29) is 11.1 Å². The number of nitrogens with zero attached hydrogens (tertiary/aromatic N) is 1. The van der Waals surface area contributed by atoms with Crippen LogP contribution in [0.1, 0.15) is 32.4 Å². The topological polar surface area (TPSA) is 40.2 Å². The molecule has 1 fully saturated rings. The molecule has 31 heavy (non-hydrogen) atoms. The first-order chi connectivity index (χ1) is 14.5. The van der Waals surface area contributed by atoms with Gasteiger partial charge in [0.05, 0.1) is 27.4 Å². The van der Waals surface area contributed by atoms with Gasteiger partial charge in [-0.1, -0.05) is 39.5 Å². The standard InChI is InChI=1S/C25H35NO4Si/c1-17-16-26(19-14-21(27-5)24(29-7)22(15-19)28-6)23(17)18-11-10-12-20(13-18)30-31(8,9)25(2,3)4/h10-15,23H,1,16H2,2-9H3. The number of hydrogen-bond donors (Lipinski definition) is 0. The number of rotatable bonds is 7. The molecule has 5 nitrogen and oxygen atoms in total. The number of benzene rings is 2. The number of anilines is 1. The van der Waals surface area contributed by atoms with Gasteiger partial charge in [-0.2, -0.15) is 0 Å². The minimum absolute atomic E-state index is 0.0748. The van der Waals surface area contributed by atoms with Gasteiger partial charge in [-0.05, 0) is 41.4 Å². The lowest BCUT2D eigenvalue weighted by Gasteiger charge is -2.45. The van der Waals surface area contributed by atoms with Gasteiger partial charge in [0.25, 0.3) is 0 Å². The summed E-state index contributed by atoms with van der Waals surface area (Å²) in [4.78, 5) is 2.29. The fraction of sp³-hybridized carbons (Fsp3) is 0.440. The zero-order valence-electron chi connectivity index (χ0n) is 20.0. The Bertz CT molecular complexity index is 939. The molecule has 1 unspecified atom stereocenters. The van der Waals surface area contributed by atoms with E-state index in [1.54, 1.807) is 21.3 Å². The summed E-state index contributed by atoms with van der Waals surface area (Å²) >= 11 is 0. The van der Waals surface area contributed by atoms with Crippen molar-refractivity contribution in [2.75, 3.05) is 32.8 Å². The molecule has 3 rings (SSSR count). The molecule has 0 aromatic heterocycles. The highest BCUT2D eigenvalue weighted by Gasteiger charge is 2.39. The smallest absolute Gasteiger partial charge is 0.250 e. The Kier molecular flexibility index (Phi) is 6.32. The Hall–Kier alpha value is -2.60. The van der Waals surface area contributed by atoms with Gasteiger partial charge >= 0.3 is 0 Å². The lowest BCUT2D eigenvalue weighted by molar-refractivity contribution is 0.324. The average Bonchev–Trinajstić information content (AvgIpc) is 2.69. The third-order valence-corrected chi connectivity index (χ3v) is 10.8. The number of methoxy groups -OCH3 is 3. The van der Waals surface area contributed by atoms with Crippen LogP contribution in [0.4, 0.5) is 5.69 Å². The lowest BCUT2D eigenvalue weighted by Crippen LogP contribution is -2.44. The van der Waals surface area contributed by atoms with Crippen molar-refractivity contribution in [1.82, 2.24) is 0 Å². The molecule has 0 amide bonds. The summed E-state index contributed by atoms with van der Waals surface area (Å²) in [6, 6.07) is 12.4. The van der Waals surface area contributed by atoms with Crippen LogP contribution >= 0.6 is 0 Å². The first kappa shape index (κ1) is 23.1. The molecule has 2 aromatic rings. The Labute approximate surface area is 187 Å². The van der Waals surface area contributed by atoms with Crippen molar-refractivity contribution in [3.05, 3.63) is 54.1 Å². The minimum Gasteiger partial charge on any atom is -0.543 e. The molecule has 2 aromatic carbocycles. The van der Waals surface area contributed by atoms with Gasteiger partial charge in [-0.15, -0.1) is 0 Å². The van der Waals surface area contributed by atoms with E-state index in [1.807, 2.05) is 12.1 Å². The minimum atomic E-state index is -1.91. The summed E-state index contributed by atoms with van der Waals surface area (Å²) in [6.07, 6.45) is 0. The predicted octanol–water partition coefficient (Wildman–Crippen LogP) is 6.21. The van der Waals surface area contributed by atoms with Crippen LogP contribution in [0.5, 0.6) is 23.0 Å². The third kappa shape index (κ3) is 4.40. The van der Waals surface area contributed by atoms with E-state index in [0.29, 0.717) is 17.2 Å². The van der Waals surface area contributed by atoms with Gasteiger partial charge in [0.15, 0.2) is 11.5 Å². The van der Waals surface area contributed by atoms with Crippen LogP contribution in [-0.2, 0) is 0 Å². The molecule has 0 spiro atoms. The number of ether oxygens (including phenoxy) is 3. The lowest BCUT2D eigenvalue weighted by atomic mass is 9.89. The molecule has 1 aliphatic heterocycles. The van der Waals surface area contributed by atoms with Crippen LogP contribution in [0, 0.1) is 0 Å². The molecule has 0 radical (unpaired) electrons. The normalized spacial score (nSPS) is 16.6. The van der Waals surface area contributed by atoms with Gasteiger partial charge in [0.1, 0.15) is 5.75 Å². The highest BCUT2D eigenvalue weighted by atomic mass is 28.4.